The molecular weight excluding hydrogens is 152 g/mol. The molecule has 0 unspecified atom stereocenters. The first kappa shape index (κ1) is 7.35. The van der Waals surface area contributed by atoms with E-state index in [9.17, 15) is 4.79 Å². The molecule has 0 aromatic carbocycles. The van der Waals surface area contributed by atoms with Crippen LogP contribution in [0.25, 0.3) is 0 Å². The minimum atomic E-state index is -0.0170. The lowest BCUT2D eigenvalue weighted by molar-refractivity contribution is -0.116. The Kier molecular flexibility index (Phi) is 2.51. The Morgan fingerprint density at radius 3 is 3.00 bits per heavy atom. The third-order valence-electron chi connectivity index (χ3n) is 1.10. The van der Waals surface area contributed by atoms with Crippen LogP contribution >= 0.6 is 11.6 Å². The lowest BCUT2D eigenvalue weighted by atomic mass is 10.2. The van der Waals surface area contributed by atoms with Gasteiger partial charge in [-0.15, -0.1) is 11.6 Å². The molecule has 1 aromatic rings. The fourth-order valence-electron chi connectivity index (χ4n) is 0.655. The predicted octanol–water partition coefficient (Wildman–Crippen LogP) is 1.63. The minimum absolute atomic E-state index is 0.0170. The molecule has 0 saturated heterocycles. The number of hydrogen-bond donors (Lipinski definition) is 0. The molecule has 1 aromatic heterocycles. The number of carbonyl (C=O) groups excluding carboxylic acids is 1. The number of carbonyl (C=O) groups is 1. The molecule has 0 aliphatic rings. The maximum absolute atomic E-state index is 10.7. The van der Waals surface area contributed by atoms with Crippen LogP contribution in [0.2, 0.25) is 0 Å². The molecule has 2 nitrogen and oxygen atoms in total. The molecule has 10 heavy (non-hydrogen) atoms. The zero-order chi connectivity index (χ0) is 7.40. The van der Waals surface area contributed by atoms with Gasteiger partial charge in [0, 0.05) is 0 Å². The van der Waals surface area contributed by atoms with Crippen LogP contribution in [0.1, 0.15) is 5.76 Å². The highest BCUT2D eigenvalue weighted by atomic mass is 35.5. The van der Waals surface area contributed by atoms with Gasteiger partial charge >= 0.3 is 0 Å². The molecule has 0 saturated carbocycles. The van der Waals surface area contributed by atoms with Crippen LogP contribution < -0.4 is 0 Å². The summed E-state index contributed by atoms with van der Waals surface area (Å²) in [5, 5.41) is 0. The second kappa shape index (κ2) is 3.42. The fourth-order valence-corrected chi connectivity index (χ4v) is 0.749. The topological polar surface area (TPSA) is 30.2 Å². The van der Waals surface area contributed by atoms with Gasteiger partial charge in [0.2, 0.25) is 0 Å². The third-order valence-corrected chi connectivity index (χ3v) is 1.40. The zero-order valence-electron chi connectivity index (χ0n) is 5.34. The van der Waals surface area contributed by atoms with Crippen molar-refractivity contribution < 1.29 is 9.21 Å². The summed E-state index contributed by atoms with van der Waals surface area (Å²) < 4.78 is 4.93. The van der Waals surface area contributed by atoms with Crippen LogP contribution in [0.4, 0.5) is 0 Å². The van der Waals surface area contributed by atoms with Crippen molar-refractivity contribution >= 4 is 17.4 Å². The number of rotatable bonds is 3. The van der Waals surface area contributed by atoms with E-state index in [1.165, 1.54) is 6.26 Å². The van der Waals surface area contributed by atoms with Gasteiger partial charge in [0.25, 0.3) is 0 Å². The number of halogens is 1. The zero-order valence-corrected chi connectivity index (χ0v) is 6.10. The number of ketones is 1. The molecule has 0 spiro atoms. The fraction of sp³-hybridized carbons (Fsp3) is 0.286. The summed E-state index contributed by atoms with van der Waals surface area (Å²) in [7, 11) is 0. The molecule has 0 amide bonds. The van der Waals surface area contributed by atoms with Crippen molar-refractivity contribution in [1.29, 1.82) is 0 Å². The first-order chi connectivity index (χ1) is 4.83. The van der Waals surface area contributed by atoms with Gasteiger partial charge in [-0.2, -0.15) is 0 Å². The Bertz CT molecular complexity index is 203. The third kappa shape index (κ3) is 1.88. The minimum Gasteiger partial charge on any atom is -0.469 e. The number of hydrogen-bond acceptors (Lipinski definition) is 2. The average Bonchev–Trinajstić information content (AvgIpc) is 2.40. The first-order valence-corrected chi connectivity index (χ1v) is 3.46. The standard InChI is InChI=1S/C7H7ClO2/c8-5-6(9)4-7-2-1-3-10-7/h1-3H,4-5H2. The molecule has 0 N–H and O–H groups in total. The van der Waals surface area contributed by atoms with Crippen molar-refractivity contribution in [2.24, 2.45) is 0 Å². The van der Waals surface area contributed by atoms with Crippen LogP contribution in [0, 0.1) is 0 Å². The van der Waals surface area contributed by atoms with E-state index in [-0.39, 0.29) is 11.7 Å². The van der Waals surface area contributed by atoms with Crippen molar-refractivity contribution in [3.8, 4) is 0 Å². The molecule has 1 heterocycles. The van der Waals surface area contributed by atoms with Crippen LogP contribution in [0.3, 0.4) is 0 Å². The van der Waals surface area contributed by atoms with E-state index in [0.29, 0.717) is 12.2 Å². The highest BCUT2D eigenvalue weighted by Crippen LogP contribution is 2.01. The molecule has 0 bridgehead atoms. The van der Waals surface area contributed by atoms with E-state index < -0.39 is 0 Å². The van der Waals surface area contributed by atoms with Crippen molar-refractivity contribution in [3.63, 3.8) is 0 Å². The summed E-state index contributed by atoms with van der Waals surface area (Å²) in [6.07, 6.45) is 1.84. The second-order valence-corrected chi connectivity index (χ2v) is 2.20. The summed E-state index contributed by atoms with van der Waals surface area (Å²) in [5.74, 6) is 0.711. The average molecular weight is 159 g/mol. The summed E-state index contributed by atoms with van der Waals surface area (Å²) >= 11 is 5.28. The van der Waals surface area contributed by atoms with Gasteiger partial charge in [-0.05, 0) is 12.1 Å². The molecule has 0 aliphatic carbocycles. The maximum atomic E-state index is 10.7. The molecule has 54 valence electrons. The number of Topliss-reactive ketones (excluding diaryl/α,β-unsaturated/α-hetero) is 1. The highest BCUT2D eigenvalue weighted by Gasteiger charge is 2.02. The lowest BCUT2D eigenvalue weighted by Gasteiger charge is -1.89. The quantitative estimate of drug-likeness (QED) is 0.626. The van der Waals surface area contributed by atoms with E-state index in [1.54, 1.807) is 12.1 Å². The Balaban J connectivity index is 2.48. The van der Waals surface area contributed by atoms with Gasteiger partial charge in [-0.25, -0.2) is 0 Å². The lowest BCUT2D eigenvalue weighted by Crippen LogP contribution is -2.02. The van der Waals surface area contributed by atoms with Gasteiger partial charge in [0.05, 0.1) is 18.6 Å². The Hall–Kier alpha value is -0.760. The largest absolute Gasteiger partial charge is 0.469 e. The molecule has 0 atom stereocenters. The van der Waals surface area contributed by atoms with Gasteiger partial charge < -0.3 is 4.42 Å². The highest BCUT2D eigenvalue weighted by molar-refractivity contribution is 6.27. The van der Waals surface area contributed by atoms with Crippen LogP contribution in [-0.2, 0) is 11.2 Å². The maximum Gasteiger partial charge on any atom is 0.155 e. The molecule has 0 fully saturated rings. The summed E-state index contributed by atoms with van der Waals surface area (Å²) in [6.45, 7) is 0. The Morgan fingerprint density at radius 2 is 2.50 bits per heavy atom. The summed E-state index contributed by atoms with van der Waals surface area (Å²) in [5.41, 5.74) is 0. The predicted molar refractivity (Wildman–Crippen MR) is 38.1 cm³/mol. The Labute approximate surface area is 63.8 Å². The van der Waals surface area contributed by atoms with Gasteiger partial charge in [0.15, 0.2) is 5.78 Å². The summed E-state index contributed by atoms with van der Waals surface area (Å²) in [4.78, 5) is 10.7. The van der Waals surface area contributed by atoms with E-state index in [4.69, 9.17) is 16.0 Å². The summed E-state index contributed by atoms with van der Waals surface area (Å²) in [6, 6.07) is 3.50. The van der Waals surface area contributed by atoms with E-state index in [0.717, 1.165) is 0 Å². The van der Waals surface area contributed by atoms with E-state index in [1.807, 2.05) is 0 Å². The number of furan rings is 1. The van der Waals surface area contributed by atoms with Crippen molar-refractivity contribution in [3.05, 3.63) is 24.2 Å². The molecule has 0 aliphatic heterocycles. The Morgan fingerprint density at radius 1 is 1.70 bits per heavy atom. The first-order valence-electron chi connectivity index (χ1n) is 2.93. The van der Waals surface area contributed by atoms with Crippen LogP contribution in [-0.4, -0.2) is 11.7 Å². The number of alkyl halides is 1. The van der Waals surface area contributed by atoms with Gasteiger partial charge in [0.1, 0.15) is 5.76 Å². The van der Waals surface area contributed by atoms with E-state index in [2.05, 4.69) is 0 Å². The second-order valence-electron chi connectivity index (χ2n) is 1.93. The monoisotopic (exact) mass is 158 g/mol. The molecule has 0 radical (unpaired) electrons. The molecule has 1 rings (SSSR count). The normalized spacial score (nSPS) is 9.70. The van der Waals surface area contributed by atoms with Crippen molar-refractivity contribution in [2.45, 2.75) is 6.42 Å². The van der Waals surface area contributed by atoms with Gasteiger partial charge in [-0.3, -0.25) is 4.79 Å². The smallest absolute Gasteiger partial charge is 0.155 e. The van der Waals surface area contributed by atoms with Crippen molar-refractivity contribution in [2.75, 3.05) is 5.88 Å². The SMILES string of the molecule is O=C(CCl)Cc1ccco1. The van der Waals surface area contributed by atoms with E-state index >= 15 is 0 Å². The molecule has 3 heteroatoms. The van der Waals surface area contributed by atoms with Gasteiger partial charge in [-0.1, -0.05) is 0 Å². The van der Waals surface area contributed by atoms with Crippen molar-refractivity contribution in [1.82, 2.24) is 0 Å². The van der Waals surface area contributed by atoms with Crippen LogP contribution in [0.15, 0.2) is 22.8 Å². The van der Waals surface area contributed by atoms with Crippen LogP contribution in [0.5, 0.6) is 0 Å². The molecular formula is C7H7ClO2.